The third-order valence-corrected chi connectivity index (χ3v) is 8.77. The molecule has 0 radical (unpaired) electrons. The average Bonchev–Trinajstić information content (AvgIpc) is 2.85. The molecule has 3 aromatic rings. The van der Waals surface area contributed by atoms with Gasteiger partial charge in [0.1, 0.15) is 5.82 Å². The van der Waals surface area contributed by atoms with E-state index in [2.05, 4.69) is 0 Å². The predicted octanol–water partition coefficient (Wildman–Crippen LogP) is 2.80. The van der Waals surface area contributed by atoms with E-state index in [0.29, 0.717) is 36.1 Å². The number of benzene rings is 2. The highest BCUT2D eigenvalue weighted by Crippen LogP contribution is 2.19. The molecule has 184 valence electrons. The van der Waals surface area contributed by atoms with Crippen LogP contribution in [0, 0.1) is 0 Å². The van der Waals surface area contributed by atoms with Crippen LogP contribution in [0.5, 0.6) is 0 Å². The Morgan fingerprint density at radius 2 is 1.63 bits per heavy atom. The van der Waals surface area contributed by atoms with Crippen molar-refractivity contribution < 1.29 is 13.2 Å². The third-order valence-electron chi connectivity index (χ3n) is 6.92. The highest BCUT2D eigenvalue weighted by Gasteiger charge is 2.29. The number of fused-ring (bicyclic) bond motifs is 2. The Morgan fingerprint density at radius 3 is 2.40 bits per heavy atom. The van der Waals surface area contributed by atoms with Crippen molar-refractivity contribution in [3.63, 3.8) is 0 Å². The maximum atomic E-state index is 13.2. The number of aryl methyl sites for hydroxylation is 1. The maximum Gasteiger partial charge on any atom is 0.261 e. The first-order chi connectivity index (χ1) is 16.9. The molecule has 0 atom stereocenters. The number of carbonyl (C=O) groups is 1. The van der Waals surface area contributed by atoms with Gasteiger partial charge < -0.3 is 4.90 Å². The topological polar surface area (TPSA) is 92.6 Å². The van der Waals surface area contributed by atoms with Crippen LogP contribution in [0.25, 0.3) is 10.9 Å². The van der Waals surface area contributed by atoms with E-state index >= 15 is 0 Å². The summed E-state index contributed by atoms with van der Waals surface area (Å²) in [6.07, 6.45) is 5.01. The van der Waals surface area contributed by atoms with Gasteiger partial charge in [0.15, 0.2) is 0 Å². The smallest absolute Gasteiger partial charge is 0.261 e. The van der Waals surface area contributed by atoms with Crippen molar-refractivity contribution in [2.24, 2.45) is 0 Å². The van der Waals surface area contributed by atoms with Crippen LogP contribution in [0.15, 0.2) is 53.3 Å². The van der Waals surface area contributed by atoms with Crippen LogP contribution in [0.2, 0.25) is 0 Å². The van der Waals surface area contributed by atoms with E-state index < -0.39 is 10.0 Å². The van der Waals surface area contributed by atoms with Gasteiger partial charge in [0, 0.05) is 44.7 Å². The average molecular weight is 495 g/mol. The van der Waals surface area contributed by atoms with Crippen molar-refractivity contribution in [1.29, 1.82) is 0 Å². The van der Waals surface area contributed by atoms with E-state index in [-0.39, 0.29) is 30.3 Å². The molecule has 3 heterocycles. The van der Waals surface area contributed by atoms with E-state index in [1.54, 1.807) is 39.8 Å². The van der Waals surface area contributed by atoms with Gasteiger partial charge in [0.25, 0.3) is 11.5 Å². The second kappa shape index (κ2) is 9.91. The van der Waals surface area contributed by atoms with Gasteiger partial charge in [-0.2, -0.15) is 4.31 Å². The van der Waals surface area contributed by atoms with Gasteiger partial charge in [0.05, 0.1) is 16.7 Å². The lowest BCUT2D eigenvalue weighted by Crippen LogP contribution is -2.50. The summed E-state index contributed by atoms with van der Waals surface area (Å²) >= 11 is 0. The first-order valence-corrected chi connectivity index (χ1v) is 13.9. The van der Waals surface area contributed by atoms with Crippen LogP contribution in [0.3, 0.4) is 0 Å². The van der Waals surface area contributed by atoms with E-state index in [1.165, 1.54) is 4.31 Å². The summed E-state index contributed by atoms with van der Waals surface area (Å²) in [5.41, 5.74) is 1.74. The van der Waals surface area contributed by atoms with E-state index in [0.717, 1.165) is 43.5 Å². The van der Waals surface area contributed by atoms with Crippen LogP contribution in [0.4, 0.5) is 0 Å². The Hall–Kier alpha value is -3.04. The summed E-state index contributed by atoms with van der Waals surface area (Å²) < 4.78 is 28.9. The predicted molar refractivity (Wildman–Crippen MR) is 135 cm³/mol. The molecule has 1 saturated heterocycles. The number of amides is 1. The highest BCUT2D eigenvalue weighted by molar-refractivity contribution is 7.88. The fraction of sp³-hybridized carbons (Fsp3) is 0.423. The molecule has 35 heavy (non-hydrogen) atoms. The van der Waals surface area contributed by atoms with Crippen molar-refractivity contribution in [3.05, 3.63) is 75.8 Å². The minimum Gasteiger partial charge on any atom is -0.336 e. The lowest BCUT2D eigenvalue weighted by atomic mass is 10.1. The number of aromatic nitrogens is 2. The Labute approximate surface area is 205 Å². The number of hydrogen-bond acceptors (Lipinski definition) is 5. The van der Waals surface area contributed by atoms with E-state index in [4.69, 9.17) is 4.98 Å². The molecule has 0 unspecified atom stereocenters. The molecular weight excluding hydrogens is 464 g/mol. The van der Waals surface area contributed by atoms with E-state index in [9.17, 15) is 18.0 Å². The summed E-state index contributed by atoms with van der Waals surface area (Å²) in [5.74, 6) is 0.586. The van der Waals surface area contributed by atoms with Gasteiger partial charge in [-0.1, -0.05) is 43.2 Å². The van der Waals surface area contributed by atoms with Gasteiger partial charge in [0.2, 0.25) is 10.0 Å². The molecule has 1 amide bonds. The summed E-state index contributed by atoms with van der Waals surface area (Å²) in [4.78, 5) is 32.7. The van der Waals surface area contributed by atoms with Gasteiger partial charge in [-0.25, -0.2) is 13.4 Å². The standard InChI is InChI=1S/C26H30N4O4S/c31-25(28-14-16-29(17-15-28)35(33,34)19-20-8-4-3-5-9-20)21-11-12-22-23(18-21)27-24-10-6-1-2-7-13-30(24)26(22)32/h3-5,8-9,11-12,18H,1-2,6-7,10,13-17,19H2. The second-order valence-corrected chi connectivity index (χ2v) is 11.3. The summed E-state index contributed by atoms with van der Waals surface area (Å²) in [6, 6.07) is 14.2. The largest absolute Gasteiger partial charge is 0.336 e. The van der Waals surface area contributed by atoms with Crippen molar-refractivity contribution in [2.45, 2.75) is 44.4 Å². The fourth-order valence-corrected chi connectivity index (χ4v) is 6.47. The number of hydrogen-bond donors (Lipinski definition) is 0. The number of piperazine rings is 1. The number of nitrogens with zero attached hydrogens (tertiary/aromatic N) is 4. The molecule has 2 aliphatic heterocycles. The Kier molecular flexibility index (Phi) is 6.71. The first kappa shape index (κ1) is 23.7. The molecule has 9 heteroatoms. The van der Waals surface area contributed by atoms with Crippen LogP contribution in [0.1, 0.15) is 47.4 Å². The third kappa shape index (κ3) is 5.01. The Balaban J connectivity index is 1.31. The van der Waals surface area contributed by atoms with Gasteiger partial charge >= 0.3 is 0 Å². The summed E-state index contributed by atoms with van der Waals surface area (Å²) in [5, 5.41) is 0.530. The summed E-state index contributed by atoms with van der Waals surface area (Å²) in [7, 11) is -3.45. The number of rotatable bonds is 4. The maximum absolute atomic E-state index is 13.2. The van der Waals surface area contributed by atoms with Crippen LogP contribution >= 0.6 is 0 Å². The molecule has 0 bridgehead atoms. The number of sulfonamides is 1. The molecule has 2 aromatic carbocycles. The van der Waals surface area contributed by atoms with Gasteiger partial charge in [-0.05, 0) is 36.6 Å². The van der Waals surface area contributed by atoms with E-state index in [1.807, 2.05) is 18.2 Å². The van der Waals surface area contributed by atoms with Crippen molar-refractivity contribution in [1.82, 2.24) is 18.8 Å². The second-order valence-electron chi connectivity index (χ2n) is 9.31. The lowest BCUT2D eigenvalue weighted by molar-refractivity contribution is 0.0698. The zero-order valence-electron chi connectivity index (χ0n) is 19.7. The first-order valence-electron chi connectivity index (χ1n) is 12.3. The Morgan fingerprint density at radius 1 is 0.886 bits per heavy atom. The molecule has 0 aliphatic carbocycles. The van der Waals surface area contributed by atoms with Crippen molar-refractivity contribution >= 4 is 26.8 Å². The fourth-order valence-electron chi connectivity index (χ4n) is 4.96. The molecule has 8 nitrogen and oxygen atoms in total. The molecular formula is C26H30N4O4S. The summed E-state index contributed by atoms with van der Waals surface area (Å²) in [6.45, 7) is 1.87. The van der Waals surface area contributed by atoms with Crippen LogP contribution in [-0.4, -0.2) is 59.3 Å². The molecule has 1 aromatic heterocycles. The molecule has 0 spiro atoms. The van der Waals surface area contributed by atoms with Gasteiger partial charge in [-0.3, -0.25) is 14.2 Å². The van der Waals surface area contributed by atoms with Crippen LogP contribution < -0.4 is 5.56 Å². The normalized spacial score (nSPS) is 17.5. The van der Waals surface area contributed by atoms with Crippen LogP contribution in [-0.2, 0) is 28.7 Å². The minimum atomic E-state index is -3.45. The zero-order chi connectivity index (χ0) is 24.4. The lowest BCUT2D eigenvalue weighted by Gasteiger charge is -2.34. The molecule has 0 N–H and O–H groups in total. The monoisotopic (exact) mass is 494 g/mol. The molecule has 5 rings (SSSR count). The molecule has 2 aliphatic rings. The van der Waals surface area contributed by atoms with Crippen molar-refractivity contribution in [2.75, 3.05) is 26.2 Å². The zero-order valence-corrected chi connectivity index (χ0v) is 20.5. The quantitative estimate of drug-likeness (QED) is 0.556. The number of carbonyl (C=O) groups excluding carboxylic acids is 1. The highest BCUT2D eigenvalue weighted by atomic mass is 32.2. The molecule has 1 fully saturated rings. The Bertz CT molecular complexity index is 1390. The minimum absolute atomic E-state index is 0.0388. The molecule has 0 saturated carbocycles. The van der Waals surface area contributed by atoms with Gasteiger partial charge in [-0.15, -0.1) is 0 Å². The SMILES string of the molecule is O=C(c1ccc2c(=O)n3c(nc2c1)CCCCCC3)N1CCN(S(=O)(=O)Cc2ccccc2)CC1. The van der Waals surface area contributed by atoms with Crippen molar-refractivity contribution in [3.8, 4) is 0 Å².